The van der Waals surface area contributed by atoms with Crippen LogP contribution < -0.4 is 11.1 Å². The number of rotatable bonds is 5. The molecule has 1 aliphatic heterocycles. The van der Waals surface area contributed by atoms with Crippen molar-refractivity contribution in [3.63, 3.8) is 0 Å². The van der Waals surface area contributed by atoms with E-state index in [1.54, 1.807) is 12.1 Å². The highest BCUT2D eigenvalue weighted by molar-refractivity contribution is 7.15. The Kier molecular flexibility index (Phi) is 5.90. The molecule has 0 bridgehead atoms. The number of carbonyl (C=O) groups excluding carboxylic acids is 1. The summed E-state index contributed by atoms with van der Waals surface area (Å²) < 4.78 is 0. The highest BCUT2D eigenvalue weighted by Gasteiger charge is 2.25. The van der Waals surface area contributed by atoms with E-state index in [0.717, 1.165) is 31.9 Å². The Labute approximate surface area is 156 Å². The molecular formula is C17H22ClN5OS. The fraction of sp³-hybridized carbons (Fsp3) is 0.412. The Morgan fingerprint density at radius 2 is 2.16 bits per heavy atom. The minimum atomic E-state index is -0.00166. The molecule has 3 N–H and O–H groups in total. The van der Waals surface area contributed by atoms with Gasteiger partial charge in [0.05, 0.1) is 6.54 Å². The molecule has 134 valence electrons. The van der Waals surface area contributed by atoms with Crippen molar-refractivity contribution in [2.45, 2.75) is 19.5 Å². The van der Waals surface area contributed by atoms with E-state index in [0.29, 0.717) is 22.7 Å². The number of nitrogen functional groups attached to an aromatic ring is 1. The molecule has 0 spiro atoms. The van der Waals surface area contributed by atoms with Crippen LogP contribution in [0.5, 0.6) is 0 Å². The van der Waals surface area contributed by atoms with Crippen molar-refractivity contribution >= 4 is 39.7 Å². The number of halogens is 1. The SMILES string of the molecule is CC1CN(CC(=O)Nc2ccc(Cl)cc2)CCN1Cc1cnc(N)s1. The number of nitrogens with two attached hydrogens (primary N) is 1. The standard InChI is InChI=1S/C17H22ClN5OS/c1-12-9-22(6-7-23(12)10-15-8-20-17(19)25-15)11-16(24)21-14-4-2-13(18)3-5-14/h2-5,8,12H,6-7,9-11H2,1H3,(H2,19,20)(H,21,24). The van der Waals surface area contributed by atoms with Crippen LogP contribution >= 0.6 is 22.9 Å². The van der Waals surface area contributed by atoms with Crippen molar-refractivity contribution in [1.29, 1.82) is 0 Å². The van der Waals surface area contributed by atoms with Gasteiger partial charge in [0.25, 0.3) is 0 Å². The first-order valence-corrected chi connectivity index (χ1v) is 9.41. The van der Waals surface area contributed by atoms with E-state index < -0.39 is 0 Å². The van der Waals surface area contributed by atoms with E-state index >= 15 is 0 Å². The summed E-state index contributed by atoms with van der Waals surface area (Å²) in [6.45, 7) is 6.10. The van der Waals surface area contributed by atoms with E-state index in [9.17, 15) is 4.79 Å². The number of amides is 1. The van der Waals surface area contributed by atoms with Crippen LogP contribution in [0.15, 0.2) is 30.5 Å². The minimum Gasteiger partial charge on any atom is -0.375 e. The van der Waals surface area contributed by atoms with Gasteiger partial charge in [-0.3, -0.25) is 14.6 Å². The number of aromatic nitrogens is 1. The smallest absolute Gasteiger partial charge is 0.238 e. The summed E-state index contributed by atoms with van der Waals surface area (Å²) in [5.74, 6) is -0.00166. The highest BCUT2D eigenvalue weighted by Crippen LogP contribution is 2.20. The summed E-state index contributed by atoms with van der Waals surface area (Å²) in [4.78, 5) is 22.1. The summed E-state index contributed by atoms with van der Waals surface area (Å²) in [6.07, 6.45) is 1.85. The Balaban J connectivity index is 1.47. The molecule has 0 radical (unpaired) electrons. The third-order valence-electron chi connectivity index (χ3n) is 4.27. The number of benzene rings is 1. The van der Waals surface area contributed by atoms with Crippen LogP contribution in [0.2, 0.25) is 5.02 Å². The summed E-state index contributed by atoms with van der Waals surface area (Å²) in [5.41, 5.74) is 6.46. The molecule has 0 aliphatic carbocycles. The third kappa shape index (κ3) is 5.15. The van der Waals surface area contributed by atoms with E-state index in [2.05, 4.69) is 27.0 Å². The molecule has 2 heterocycles. The highest BCUT2D eigenvalue weighted by atomic mass is 35.5. The molecule has 25 heavy (non-hydrogen) atoms. The second kappa shape index (κ2) is 8.14. The zero-order valence-corrected chi connectivity index (χ0v) is 15.7. The Morgan fingerprint density at radius 3 is 2.80 bits per heavy atom. The largest absolute Gasteiger partial charge is 0.375 e. The summed E-state index contributed by atoms with van der Waals surface area (Å²) in [5, 5.41) is 4.18. The number of anilines is 2. The molecule has 1 fully saturated rings. The van der Waals surface area contributed by atoms with Gasteiger partial charge in [-0.1, -0.05) is 11.6 Å². The molecule has 1 atom stereocenters. The second-order valence-electron chi connectivity index (χ2n) is 6.27. The first-order chi connectivity index (χ1) is 12.0. The summed E-state index contributed by atoms with van der Waals surface area (Å²) in [6, 6.07) is 7.53. The fourth-order valence-electron chi connectivity index (χ4n) is 2.98. The van der Waals surface area contributed by atoms with Gasteiger partial charge in [-0.2, -0.15) is 0 Å². The number of hydrogen-bond donors (Lipinski definition) is 2. The van der Waals surface area contributed by atoms with Crippen molar-refractivity contribution in [2.24, 2.45) is 0 Å². The van der Waals surface area contributed by atoms with Gasteiger partial charge < -0.3 is 11.1 Å². The third-order valence-corrected chi connectivity index (χ3v) is 5.34. The summed E-state index contributed by atoms with van der Waals surface area (Å²) >= 11 is 7.39. The molecule has 1 aromatic heterocycles. The first-order valence-electron chi connectivity index (χ1n) is 8.21. The van der Waals surface area contributed by atoms with Gasteiger partial charge in [-0.15, -0.1) is 11.3 Å². The van der Waals surface area contributed by atoms with Gasteiger partial charge >= 0.3 is 0 Å². The van der Waals surface area contributed by atoms with Gasteiger partial charge in [-0.25, -0.2) is 4.98 Å². The van der Waals surface area contributed by atoms with E-state index in [1.165, 1.54) is 16.2 Å². The van der Waals surface area contributed by atoms with Crippen LogP contribution in [0.1, 0.15) is 11.8 Å². The number of nitrogens with one attached hydrogen (secondary N) is 1. The van der Waals surface area contributed by atoms with E-state index in [1.807, 2.05) is 18.3 Å². The van der Waals surface area contributed by atoms with Gasteiger partial charge in [-0.05, 0) is 31.2 Å². The van der Waals surface area contributed by atoms with E-state index in [4.69, 9.17) is 17.3 Å². The van der Waals surface area contributed by atoms with Crippen LogP contribution in [-0.4, -0.2) is 52.9 Å². The van der Waals surface area contributed by atoms with Crippen molar-refractivity contribution in [2.75, 3.05) is 37.2 Å². The second-order valence-corrected chi connectivity index (χ2v) is 7.86. The lowest BCUT2D eigenvalue weighted by Gasteiger charge is -2.39. The van der Waals surface area contributed by atoms with Crippen LogP contribution in [-0.2, 0) is 11.3 Å². The summed E-state index contributed by atoms with van der Waals surface area (Å²) in [7, 11) is 0. The minimum absolute atomic E-state index is 0.00166. The molecular weight excluding hydrogens is 358 g/mol. The number of piperazine rings is 1. The lowest BCUT2D eigenvalue weighted by Crippen LogP contribution is -2.52. The number of nitrogens with zero attached hydrogens (tertiary/aromatic N) is 3. The van der Waals surface area contributed by atoms with Crippen LogP contribution in [0, 0.1) is 0 Å². The number of carbonyl (C=O) groups is 1. The van der Waals surface area contributed by atoms with Crippen molar-refractivity contribution in [1.82, 2.24) is 14.8 Å². The van der Waals surface area contributed by atoms with Crippen LogP contribution in [0.3, 0.4) is 0 Å². The molecule has 1 amide bonds. The maximum atomic E-state index is 12.2. The van der Waals surface area contributed by atoms with Gasteiger partial charge in [0.2, 0.25) is 5.91 Å². The van der Waals surface area contributed by atoms with E-state index in [-0.39, 0.29) is 5.91 Å². The Hall–Kier alpha value is -1.67. The topological polar surface area (TPSA) is 74.5 Å². The van der Waals surface area contributed by atoms with Gasteiger partial charge in [0.1, 0.15) is 0 Å². The maximum absolute atomic E-state index is 12.2. The normalized spacial score (nSPS) is 19.0. The number of hydrogen-bond acceptors (Lipinski definition) is 6. The molecule has 0 saturated carbocycles. The predicted octanol–water partition coefficient (Wildman–Crippen LogP) is 2.52. The van der Waals surface area contributed by atoms with Crippen molar-refractivity contribution in [3.05, 3.63) is 40.4 Å². The molecule has 1 aromatic carbocycles. The van der Waals surface area contributed by atoms with Gasteiger partial charge in [0.15, 0.2) is 5.13 Å². The quantitative estimate of drug-likeness (QED) is 0.835. The molecule has 1 saturated heterocycles. The van der Waals surface area contributed by atoms with Gasteiger partial charge in [0, 0.05) is 54.0 Å². The zero-order chi connectivity index (χ0) is 17.8. The molecule has 6 nitrogen and oxygen atoms in total. The van der Waals surface area contributed by atoms with Crippen LogP contribution in [0.4, 0.5) is 10.8 Å². The van der Waals surface area contributed by atoms with Crippen molar-refractivity contribution in [3.8, 4) is 0 Å². The van der Waals surface area contributed by atoms with Crippen molar-refractivity contribution < 1.29 is 4.79 Å². The molecule has 1 aliphatic rings. The average molecular weight is 380 g/mol. The average Bonchev–Trinajstić information content (AvgIpc) is 2.97. The fourth-order valence-corrected chi connectivity index (χ4v) is 3.82. The zero-order valence-electron chi connectivity index (χ0n) is 14.1. The maximum Gasteiger partial charge on any atom is 0.238 e. The number of thiazole rings is 1. The Morgan fingerprint density at radius 1 is 1.40 bits per heavy atom. The lowest BCUT2D eigenvalue weighted by atomic mass is 10.2. The molecule has 2 aromatic rings. The molecule has 8 heteroatoms. The monoisotopic (exact) mass is 379 g/mol. The first kappa shape index (κ1) is 18.1. The molecule has 3 rings (SSSR count). The Bertz CT molecular complexity index is 720. The lowest BCUT2D eigenvalue weighted by molar-refractivity contribution is -0.118. The van der Waals surface area contributed by atoms with Crippen LogP contribution in [0.25, 0.3) is 0 Å². The molecule has 1 unspecified atom stereocenters. The predicted molar refractivity (Wildman–Crippen MR) is 103 cm³/mol.